The van der Waals surface area contributed by atoms with Gasteiger partial charge in [0, 0.05) is 21.0 Å². The summed E-state index contributed by atoms with van der Waals surface area (Å²) in [4.78, 5) is 54.8. The number of rotatable bonds is 14. The second-order valence-corrected chi connectivity index (χ2v) is 14.7. The molecular formula is C43H41N3O6S2. The average molecular weight is 760 g/mol. The summed E-state index contributed by atoms with van der Waals surface area (Å²) in [6.07, 6.45) is 6.46. The summed E-state index contributed by atoms with van der Waals surface area (Å²) in [5, 5.41) is 9.17. The summed E-state index contributed by atoms with van der Waals surface area (Å²) in [5.41, 5.74) is 4.16. The van der Waals surface area contributed by atoms with Crippen molar-refractivity contribution in [2.75, 3.05) is 23.0 Å². The predicted molar refractivity (Wildman–Crippen MR) is 215 cm³/mol. The first-order chi connectivity index (χ1) is 26.4. The fourth-order valence-electron chi connectivity index (χ4n) is 5.93. The van der Waals surface area contributed by atoms with Crippen LogP contribution in [0.5, 0.6) is 5.75 Å². The lowest BCUT2D eigenvalue weighted by Gasteiger charge is -2.13. The standard InChI is InChI=1S/C43H41N3O6S2/c1-2-51-43(50)39-35-19-10-5-11-20-37(35)54-42(39)46-38(47)28-53-34-18-12-17-32(26-34)44-41(49)36(45-40(48)31-15-8-4-9-16-31)25-29-21-23-33(24-22-29)52-27-30-13-6-3-7-14-30/h3-4,6-9,12-18,21-26H,2,5,10-11,19-20,27-28H2,1H3,(H,44,49)(H,45,48)(H,46,47)/b36-25+. The number of nitrogens with one attached hydrogen (secondary N) is 3. The Kier molecular flexibility index (Phi) is 13.3. The summed E-state index contributed by atoms with van der Waals surface area (Å²) in [6.45, 7) is 2.45. The first-order valence-corrected chi connectivity index (χ1v) is 19.7. The minimum atomic E-state index is -0.521. The second-order valence-electron chi connectivity index (χ2n) is 12.5. The molecule has 0 unspecified atom stereocenters. The number of carbonyl (C=O) groups is 4. The Bertz CT molecular complexity index is 2110. The normalized spacial score (nSPS) is 12.5. The third-order valence-corrected chi connectivity index (χ3v) is 10.8. The van der Waals surface area contributed by atoms with E-state index in [4.69, 9.17) is 9.47 Å². The number of carbonyl (C=O) groups excluding carboxylic acids is 4. The van der Waals surface area contributed by atoms with Crippen molar-refractivity contribution in [2.24, 2.45) is 0 Å². The Labute approximate surface area is 323 Å². The molecule has 0 saturated heterocycles. The van der Waals surface area contributed by atoms with Crippen molar-refractivity contribution in [1.82, 2.24) is 5.32 Å². The number of thioether (sulfide) groups is 1. The van der Waals surface area contributed by atoms with E-state index in [0.29, 0.717) is 39.7 Å². The van der Waals surface area contributed by atoms with Crippen molar-refractivity contribution in [1.29, 1.82) is 0 Å². The highest BCUT2D eigenvalue weighted by Crippen LogP contribution is 2.38. The van der Waals surface area contributed by atoms with Gasteiger partial charge >= 0.3 is 5.97 Å². The number of aryl methyl sites for hydroxylation is 1. The molecule has 1 heterocycles. The minimum Gasteiger partial charge on any atom is -0.489 e. The number of fused-ring (bicyclic) bond motifs is 1. The van der Waals surface area contributed by atoms with Crippen LogP contribution in [0.1, 0.15) is 68.5 Å². The molecule has 9 nitrogen and oxygen atoms in total. The third kappa shape index (κ3) is 10.5. The largest absolute Gasteiger partial charge is 0.489 e. The van der Waals surface area contributed by atoms with Crippen LogP contribution in [-0.4, -0.2) is 36.1 Å². The molecule has 0 atom stereocenters. The van der Waals surface area contributed by atoms with E-state index in [-0.39, 0.29) is 24.0 Å². The van der Waals surface area contributed by atoms with Crippen LogP contribution in [0.4, 0.5) is 10.7 Å². The van der Waals surface area contributed by atoms with Gasteiger partial charge in [-0.2, -0.15) is 0 Å². The van der Waals surface area contributed by atoms with Crippen LogP contribution in [0.3, 0.4) is 0 Å². The molecule has 0 spiro atoms. The van der Waals surface area contributed by atoms with Crippen molar-refractivity contribution >= 4 is 63.6 Å². The van der Waals surface area contributed by atoms with E-state index < -0.39 is 17.8 Å². The number of thiophene rings is 1. The maximum Gasteiger partial charge on any atom is 0.341 e. The molecule has 0 aliphatic heterocycles. The Morgan fingerprint density at radius 1 is 0.815 bits per heavy atom. The minimum absolute atomic E-state index is 0.0472. The first-order valence-electron chi connectivity index (χ1n) is 17.9. The van der Waals surface area contributed by atoms with Gasteiger partial charge in [0.15, 0.2) is 0 Å². The highest BCUT2D eigenvalue weighted by molar-refractivity contribution is 8.00. The van der Waals surface area contributed by atoms with Crippen LogP contribution in [0.15, 0.2) is 120 Å². The van der Waals surface area contributed by atoms with Gasteiger partial charge in [-0.3, -0.25) is 14.4 Å². The number of esters is 1. The quantitative estimate of drug-likeness (QED) is 0.0447. The zero-order valence-corrected chi connectivity index (χ0v) is 31.5. The molecule has 54 heavy (non-hydrogen) atoms. The molecule has 0 fully saturated rings. The van der Waals surface area contributed by atoms with Crippen molar-refractivity contribution in [2.45, 2.75) is 50.5 Å². The van der Waals surface area contributed by atoms with E-state index in [2.05, 4.69) is 16.0 Å². The van der Waals surface area contributed by atoms with Crippen molar-refractivity contribution in [3.05, 3.63) is 148 Å². The number of amides is 3. The van der Waals surface area contributed by atoms with Crippen LogP contribution >= 0.6 is 23.1 Å². The zero-order valence-electron chi connectivity index (χ0n) is 29.9. The van der Waals surface area contributed by atoms with Gasteiger partial charge in [-0.15, -0.1) is 23.1 Å². The number of hydrogen-bond acceptors (Lipinski definition) is 8. The molecule has 276 valence electrons. The van der Waals surface area contributed by atoms with Crippen LogP contribution in [0, 0.1) is 0 Å². The highest BCUT2D eigenvalue weighted by Gasteiger charge is 2.26. The molecule has 6 rings (SSSR count). The summed E-state index contributed by atoms with van der Waals surface area (Å²) >= 11 is 2.77. The molecule has 5 aromatic rings. The Morgan fingerprint density at radius 3 is 2.31 bits per heavy atom. The Balaban J connectivity index is 1.12. The first kappa shape index (κ1) is 38.1. The van der Waals surface area contributed by atoms with Gasteiger partial charge in [0.2, 0.25) is 5.91 Å². The van der Waals surface area contributed by atoms with Gasteiger partial charge in [0.05, 0.1) is 17.9 Å². The van der Waals surface area contributed by atoms with Gasteiger partial charge in [-0.1, -0.05) is 73.2 Å². The van der Waals surface area contributed by atoms with Crippen molar-refractivity contribution < 1.29 is 28.7 Å². The number of hydrogen-bond donors (Lipinski definition) is 3. The number of ether oxygens (including phenoxy) is 2. The molecule has 0 bridgehead atoms. The van der Waals surface area contributed by atoms with Crippen LogP contribution in [0.25, 0.3) is 6.08 Å². The van der Waals surface area contributed by atoms with Gasteiger partial charge in [0.1, 0.15) is 23.1 Å². The van der Waals surface area contributed by atoms with Crippen LogP contribution in [0.2, 0.25) is 0 Å². The lowest BCUT2D eigenvalue weighted by atomic mass is 10.1. The fraction of sp³-hybridized carbons (Fsp3) is 0.209. The summed E-state index contributed by atoms with van der Waals surface area (Å²) in [6, 6.07) is 32.9. The molecule has 1 aliphatic rings. The summed E-state index contributed by atoms with van der Waals surface area (Å²) in [7, 11) is 0. The van der Waals surface area contributed by atoms with E-state index in [1.54, 1.807) is 55.5 Å². The fourth-order valence-corrected chi connectivity index (χ4v) is 7.98. The highest BCUT2D eigenvalue weighted by atomic mass is 32.2. The Morgan fingerprint density at radius 2 is 1.56 bits per heavy atom. The van der Waals surface area contributed by atoms with Crippen molar-refractivity contribution in [3.8, 4) is 5.75 Å². The summed E-state index contributed by atoms with van der Waals surface area (Å²) in [5.74, 6) is -0.840. The lowest BCUT2D eigenvalue weighted by molar-refractivity contribution is -0.114. The van der Waals surface area contributed by atoms with Gasteiger partial charge < -0.3 is 25.4 Å². The molecule has 1 aromatic heterocycles. The SMILES string of the molecule is CCOC(=O)c1c(NC(=O)CSc2cccc(NC(=O)/C(=C\c3ccc(OCc4ccccc4)cc3)NC(=O)c3ccccc3)c2)sc2c1CCCCC2. The second kappa shape index (κ2) is 18.9. The average Bonchev–Trinajstić information content (AvgIpc) is 3.36. The van der Waals surface area contributed by atoms with Gasteiger partial charge in [0.25, 0.3) is 11.8 Å². The molecule has 1 aliphatic carbocycles. The summed E-state index contributed by atoms with van der Waals surface area (Å²) < 4.78 is 11.3. The van der Waals surface area contributed by atoms with E-state index in [9.17, 15) is 19.2 Å². The topological polar surface area (TPSA) is 123 Å². The number of benzene rings is 4. The van der Waals surface area contributed by atoms with Crippen molar-refractivity contribution in [3.63, 3.8) is 0 Å². The van der Waals surface area contributed by atoms with E-state index >= 15 is 0 Å². The smallest absolute Gasteiger partial charge is 0.341 e. The number of anilines is 2. The third-order valence-electron chi connectivity index (χ3n) is 8.58. The lowest BCUT2D eigenvalue weighted by Crippen LogP contribution is -2.30. The molecule has 4 aromatic carbocycles. The van der Waals surface area contributed by atoms with Gasteiger partial charge in [-0.25, -0.2) is 4.79 Å². The monoisotopic (exact) mass is 759 g/mol. The van der Waals surface area contributed by atoms with E-state index in [1.807, 2.05) is 66.7 Å². The zero-order chi connectivity index (χ0) is 37.7. The molecule has 0 radical (unpaired) electrons. The molecule has 0 saturated carbocycles. The van der Waals surface area contributed by atoms with Crippen LogP contribution < -0.4 is 20.7 Å². The molecule has 3 amide bonds. The van der Waals surface area contributed by atoms with E-state index in [1.165, 1.54) is 23.1 Å². The molecular weight excluding hydrogens is 719 g/mol. The Hall–Kier alpha value is -5.65. The predicted octanol–water partition coefficient (Wildman–Crippen LogP) is 8.91. The molecule has 3 N–H and O–H groups in total. The van der Waals surface area contributed by atoms with Gasteiger partial charge in [-0.05, 0) is 97.8 Å². The molecule has 11 heteroatoms. The van der Waals surface area contributed by atoms with E-state index in [0.717, 1.165) is 53.0 Å². The maximum absolute atomic E-state index is 13.7. The maximum atomic E-state index is 13.7. The van der Waals surface area contributed by atoms with Crippen LogP contribution in [-0.2, 0) is 33.8 Å².